The Morgan fingerprint density at radius 3 is 2.45 bits per heavy atom. The van der Waals surface area contributed by atoms with Gasteiger partial charge in [-0.15, -0.1) is 0 Å². The average molecular weight is 292 g/mol. The largest absolute Gasteiger partial charge is 0.497 e. The third-order valence-electron chi connectivity index (χ3n) is 3.01. The van der Waals surface area contributed by atoms with Crippen molar-refractivity contribution in [2.45, 2.75) is 0 Å². The molecule has 110 valence electrons. The fraction of sp³-hybridized carbons (Fsp3) is 0.105. The molecule has 0 fully saturated rings. The first kappa shape index (κ1) is 15.4. The van der Waals surface area contributed by atoms with E-state index in [0.717, 1.165) is 11.3 Å². The van der Waals surface area contributed by atoms with E-state index < -0.39 is 0 Å². The number of methoxy groups -OCH3 is 2. The van der Waals surface area contributed by atoms with Crippen LogP contribution in [0.1, 0.15) is 21.5 Å². The molecule has 0 aliphatic heterocycles. The maximum atomic E-state index is 11.6. The summed E-state index contributed by atoms with van der Waals surface area (Å²) in [5.74, 6) is 6.32. The van der Waals surface area contributed by atoms with E-state index >= 15 is 0 Å². The molecule has 2 rings (SSSR count). The van der Waals surface area contributed by atoms with Crippen LogP contribution in [-0.4, -0.2) is 20.2 Å². The second kappa shape index (κ2) is 7.70. The first-order valence-corrected chi connectivity index (χ1v) is 6.74. The van der Waals surface area contributed by atoms with Crippen molar-refractivity contribution in [3.63, 3.8) is 0 Å². The molecule has 0 unspecified atom stereocenters. The van der Waals surface area contributed by atoms with Gasteiger partial charge in [0.05, 0.1) is 19.8 Å². The molecule has 22 heavy (non-hydrogen) atoms. The molecule has 0 radical (unpaired) electrons. The third kappa shape index (κ3) is 4.00. The molecule has 0 spiro atoms. The van der Waals surface area contributed by atoms with Crippen molar-refractivity contribution in [2.24, 2.45) is 0 Å². The van der Waals surface area contributed by atoms with Crippen molar-refractivity contribution < 1.29 is 14.3 Å². The first-order chi connectivity index (χ1) is 10.7. The van der Waals surface area contributed by atoms with E-state index in [-0.39, 0.29) is 5.97 Å². The maximum absolute atomic E-state index is 11.6. The Labute approximate surface area is 130 Å². The van der Waals surface area contributed by atoms with E-state index in [1.807, 2.05) is 36.4 Å². The van der Waals surface area contributed by atoms with Gasteiger partial charge in [0, 0.05) is 5.56 Å². The van der Waals surface area contributed by atoms with Gasteiger partial charge in [-0.2, -0.15) is 0 Å². The Bertz CT molecular complexity index is 731. The van der Waals surface area contributed by atoms with E-state index in [4.69, 9.17) is 9.47 Å². The third-order valence-corrected chi connectivity index (χ3v) is 3.01. The van der Waals surface area contributed by atoms with Crippen LogP contribution in [0.25, 0.3) is 6.08 Å². The van der Waals surface area contributed by atoms with Gasteiger partial charge in [0.1, 0.15) is 5.75 Å². The van der Waals surface area contributed by atoms with Crippen LogP contribution in [0, 0.1) is 11.8 Å². The molecule has 0 heterocycles. The van der Waals surface area contributed by atoms with Crippen molar-refractivity contribution in [1.82, 2.24) is 0 Å². The summed E-state index contributed by atoms with van der Waals surface area (Å²) >= 11 is 0. The summed E-state index contributed by atoms with van der Waals surface area (Å²) in [5, 5.41) is 0. The molecule has 0 saturated carbocycles. The summed E-state index contributed by atoms with van der Waals surface area (Å²) in [7, 11) is 2.99. The molecule has 3 heteroatoms. The highest BCUT2D eigenvalue weighted by Gasteiger charge is 2.08. The van der Waals surface area contributed by atoms with E-state index in [1.165, 1.54) is 7.11 Å². The van der Waals surface area contributed by atoms with Crippen molar-refractivity contribution in [2.75, 3.05) is 14.2 Å². The summed E-state index contributed by atoms with van der Waals surface area (Å²) in [6, 6.07) is 14.8. The fourth-order valence-electron chi connectivity index (χ4n) is 1.85. The summed E-state index contributed by atoms with van der Waals surface area (Å²) in [6.45, 7) is 0. The van der Waals surface area contributed by atoms with Crippen LogP contribution in [-0.2, 0) is 4.74 Å². The Morgan fingerprint density at radius 1 is 1.05 bits per heavy atom. The minimum Gasteiger partial charge on any atom is -0.497 e. The number of carbonyl (C=O) groups excluding carboxylic acids is 1. The standard InChI is InChI=1S/C19H16O3/c1-21-17-13-11-15(12-14-17)7-3-4-8-16-9-5-6-10-18(16)19(20)22-2/h3,5-7,9-14H,1-2H3/b7-3+. The Hall–Kier alpha value is -2.99. The second-order valence-corrected chi connectivity index (χ2v) is 4.41. The molecule has 0 saturated heterocycles. The normalized spacial score (nSPS) is 9.91. The zero-order chi connectivity index (χ0) is 15.8. The number of hydrogen-bond acceptors (Lipinski definition) is 3. The summed E-state index contributed by atoms with van der Waals surface area (Å²) in [6.07, 6.45) is 3.64. The van der Waals surface area contributed by atoms with Crippen LogP contribution in [0.15, 0.2) is 54.6 Å². The molecule has 0 aliphatic rings. The smallest absolute Gasteiger partial charge is 0.339 e. The van der Waals surface area contributed by atoms with Gasteiger partial charge in [0.25, 0.3) is 0 Å². The minimum atomic E-state index is -0.385. The van der Waals surface area contributed by atoms with Gasteiger partial charge >= 0.3 is 5.97 Å². The molecule has 0 amide bonds. The number of hydrogen-bond donors (Lipinski definition) is 0. The molecule has 0 aliphatic carbocycles. The van der Waals surface area contributed by atoms with Crippen LogP contribution in [0.3, 0.4) is 0 Å². The Kier molecular flexibility index (Phi) is 5.39. The van der Waals surface area contributed by atoms with E-state index in [9.17, 15) is 4.79 Å². The molecular formula is C19H16O3. The SMILES string of the molecule is COC(=O)c1ccccc1C#C/C=C/c1ccc(OC)cc1. The molecule has 0 aromatic heterocycles. The lowest BCUT2D eigenvalue weighted by Gasteiger charge is -2.00. The Morgan fingerprint density at radius 2 is 1.77 bits per heavy atom. The number of allylic oxidation sites excluding steroid dienone is 1. The number of rotatable bonds is 3. The van der Waals surface area contributed by atoms with Gasteiger partial charge in [-0.3, -0.25) is 0 Å². The highest BCUT2D eigenvalue weighted by Crippen LogP contribution is 2.12. The summed E-state index contributed by atoms with van der Waals surface area (Å²) in [4.78, 5) is 11.6. The monoisotopic (exact) mass is 292 g/mol. The fourth-order valence-corrected chi connectivity index (χ4v) is 1.85. The van der Waals surface area contributed by atoms with Crippen molar-refractivity contribution >= 4 is 12.0 Å². The molecule has 0 atom stereocenters. The minimum absolute atomic E-state index is 0.385. The average Bonchev–Trinajstić information content (AvgIpc) is 2.59. The predicted molar refractivity (Wildman–Crippen MR) is 86.7 cm³/mol. The topological polar surface area (TPSA) is 35.5 Å². The highest BCUT2D eigenvalue weighted by atomic mass is 16.5. The number of esters is 1. The van der Waals surface area contributed by atoms with Crippen LogP contribution in [0.5, 0.6) is 5.75 Å². The number of carbonyl (C=O) groups is 1. The zero-order valence-corrected chi connectivity index (χ0v) is 12.5. The van der Waals surface area contributed by atoms with Gasteiger partial charge in [0.2, 0.25) is 0 Å². The van der Waals surface area contributed by atoms with Crippen molar-refractivity contribution in [3.8, 4) is 17.6 Å². The van der Waals surface area contributed by atoms with Crippen LogP contribution < -0.4 is 4.74 Å². The lowest BCUT2D eigenvalue weighted by atomic mass is 10.1. The summed E-state index contributed by atoms with van der Waals surface area (Å²) in [5.41, 5.74) is 2.14. The molecular weight excluding hydrogens is 276 g/mol. The van der Waals surface area contributed by atoms with E-state index in [1.54, 1.807) is 31.4 Å². The van der Waals surface area contributed by atoms with Gasteiger partial charge in [0.15, 0.2) is 0 Å². The van der Waals surface area contributed by atoms with Gasteiger partial charge < -0.3 is 9.47 Å². The molecule has 2 aromatic rings. The van der Waals surface area contributed by atoms with E-state index in [0.29, 0.717) is 11.1 Å². The van der Waals surface area contributed by atoms with Gasteiger partial charge in [-0.25, -0.2) is 4.79 Å². The molecule has 0 N–H and O–H groups in total. The van der Waals surface area contributed by atoms with Crippen LogP contribution in [0.4, 0.5) is 0 Å². The van der Waals surface area contributed by atoms with Crippen LogP contribution in [0.2, 0.25) is 0 Å². The maximum Gasteiger partial charge on any atom is 0.339 e. The molecule has 3 nitrogen and oxygen atoms in total. The van der Waals surface area contributed by atoms with Crippen molar-refractivity contribution in [1.29, 1.82) is 0 Å². The zero-order valence-electron chi connectivity index (χ0n) is 12.5. The van der Waals surface area contributed by atoms with Gasteiger partial charge in [-0.05, 0) is 42.0 Å². The lowest BCUT2D eigenvalue weighted by molar-refractivity contribution is 0.0600. The number of ether oxygens (including phenoxy) is 2. The molecule has 2 aromatic carbocycles. The Balaban J connectivity index is 2.13. The lowest BCUT2D eigenvalue weighted by Crippen LogP contribution is -2.03. The highest BCUT2D eigenvalue weighted by molar-refractivity contribution is 5.92. The first-order valence-electron chi connectivity index (χ1n) is 6.74. The number of benzene rings is 2. The van der Waals surface area contributed by atoms with E-state index in [2.05, 4.69) is 11.8 Å². The summed E-state index contributed by atoms with van der Waals surface area (Å²) < 4.78 is 9.84. The van der Waals surface area contributed by atoms with Crippen molar-refractivity contribution in [3.05, 3.63) is 71.3 Å². The molecule has 0 bridgehead atoms. The predicted octanol–water partition coefficient (Wildman–Crippen LogP) is 3.55. The second-order valence-electron chi connectivity index (χ2n) is 4.41. The van der Waals surface area contributed by atoms with Gasteiger partial charge in [-0.1, -0.05) is 36.1 Å². The quantitative estimate of drug-likeness (QED) is 0.641. The van der Waals surface area contributed by atoms with Crippen LogP contribution >= 0.6 is 0 Å².